The van der Waals surface area contributed by atoms with Crippen molar-refractivity contribution in [2.24, 2.45) is 0 Å². The number of aromatic nitrogens is 4. The van der Waals surface area contributed by atoms with E-state index < -0.39 is 0 Å². The van der Waals surface area contributed by atoms with E-state index in [1.807, 2.05) is 31.2 Å². The molecule has 4 rings (SSSR count). The Labute approximate surface area is 132 Å². The van der Waals surface area contributed by atoms with Crippen LogP contribution in [0.3, 0.4) is 0 Å². The van der Waals surface area contributed by atoms with Crippen LogP contribution in [0.15, 0.2) is 60.9 Å². The molecular weight excluding hydrogens is 291 g/mol. The molecule has 0 bridgehead atoms. The van der Waals surface area contributed by atoms with Crippen LogP contribution in [0.1, 0.15) is 5.69 Å². The number of benzene rings is 1. The molecule has 0 radical (unpaired) electrons. The standard InChI is InChI=1S/C18H13FN4/c1-12-2-7-16-17(13-8-10-20-11-9-13)18(22-23(16)21-12)14-3-5-15(19)6-4-14/h2-11H,1H3. The van der Waals surface area contributed by atoms with Crippen LogP contribution in [-0.4, -0.2) is 19.8 Å². The molecule has 0 amide bonds. The largest absolute Gasteiger partial charge is 0.265 e. The fourth-order valence-corrected chi connectivity index (χ4v) is 2.64. The van der Waals surface area contributed by atoms with Crippen molar-refractivity contribution in [3.63, 3.8) is 0 Å². The summed E-state index contributed by atoms with van der Waals surface area (Å²) in [4.78, 5) is 4.07. The number of aryl methyl sites for hydroxylation is 1. The van der Waals surface area contributed by atoms with Gasteiger partial charge in [-0.3, -0.25) is 4.98 Å². The lowest BCUT2D eigenvalue weighted by Crippen LogP contribution is -1.95. The van der Waals surface area contributed by atoms with Gasteiger partial charge in [-0.25, -0.2) is 4.39 Å². The van der Waals surface area contributed by atoms with Crippen molar-refractivity contribution in [1.29, 1.82) is 0 Å². The third-order valence-electron chi connectivity index (χ3n) is 3.72. The Morgan fingerprint density at radius 2 is 1.57 bits per heavy atom. The fourth-order valence-electron chi connectivity index (χ4n) is 2.64. The number of hydrogen-bond acceptors (Lipinski definition) is 3. The second-order valence-corrected chi connectivity index (χ2v) is 5.32. The van der Waals surface area contributed by atoms with Gasteiger partial charge in [0, 0.05) is 23.5 Å². The molecule has 0 aliphatic heterocycles. The predicted octanol–water partition coefficient (Wildman–Crippen LogP) is 3.91. The summed E-state index contributed by atoms with van der Waals surface area (Å²) in [5.41, 5.74) is 5.37. The average Bonchev–Trinajstić information content (AvgIpc) is 2.94. The zero-order chi connectivity index (χ0) is 15.8. The minimum Gasteiger partial charge on any atom is -0.265 e. The lowest BCUT2D eigenvalue weighted by atomic mass is 10.0. The molecule has 4 nitrogen and oxygen atoms in total. The quantitative estimate of drug-likeness (QED) is 0.564. The van der Waals surface area contributed by atoms with Crippen molar-refractivity contribution in [3.8, 4) is 22.4 Å². The highest BCUT2D eigenvalue weighted by Crippen LogP contribution is 2.34. The number of fused-ring (bicyclic) bond motifs is 1. The summed E-state index contributed by atoms with van der Waals surface area (Å²) in [7, 11) is 0. The Bertz CT molecular complexity index is 975. The summed E-state index contributed by atoms with van der Waals surface area (Å²) >= 11 is 0. The van der Waals surface area contributed by atoms with Crippen LogP contribution >= 0.6 is 0 Å². The molecule has 0 unspecified atom stereocenters. The predicted molar refractivity (Wildman–Crippen MR) is 86.3 cm³/mol. The number of rotatable bonds is 2. The third-order valence-corrected chi connectivity index (χ3v) is 3.72. The molecule has 0 N–H and O–H groups in total. The highest BCUT2D eigenvalue weighted by atomic mass is 19.1. The first-order chi connectivity index (χ1) is 11.2. The van der Waals surface area contributed by atoms with Crippen LogP contribution in [0.5, 0.6) is 0 Å². The molecular formula is C18H13FN4. The number of hydrogen-bond donors (Lipinski definition) is 0. The minimum absolute atomic E-state index is 0.267. The summed E-state index contributed by atoms with van der Waals surface area (Å²) in [5, 5.41) is 9.05. The monoisotopic (exact) mass is 304 g/mol. The van der Waals surface area contributed by atoms with Gasteiger partial charge in [0.15, 0.2) is 0 Å². The third kappa shape index (κ3) is 2.36. The molecule has 4 aromatic rings. The van der Waals surface area contributed by atoms with Gasteiger partial charge in [0.25, 0.3) is 0 Å². The number of pyridine rings is 1. The van der Waals surface area contributed by atoms with Crippen molar-refractivity contribution in [3.05, 3.63) is 72.4 Å². The smallest absolute Gasteiger partial charge is 0.123 e. The van der Waals surface area contributed by atoms with E-state index in [-0.39, 0.29) is 5.82 Å². The molecule has 0 atom stereocenters. The maximum absolute atomic E-state index is 13.2. The van der Waals surface area contributed by atoms with E-state index in [0.29, 0.717) is 0 Å². The van der Waals surface area contributed by atoms with Crippen LogP contribution in [0.4, 0.5) is 4.39 Å². The summed E-state index contributed by atoms with van der Waals surface area (Å²) in [6.45, 7) is 1.92. The molecule has 112 valence electrons. The molecule has 0 spiro atoms. The van der Waals surface area contributed by atoms with Gasteiger partial charge < -0.3 is 0 Å². The zero-order valence-electron chi connectivity index (χ0n) is 12.4. The topological polar surface area (TPSA) is 43.1 Å². The maximum Gasteiger partial charge on any atom is 0.123 e. The summed E-state index contributed by atoms with van der Waals surface area (Å²) < 4.78 is 14.9. The summed E-state index contributed by atoms with van der Waals surface area (Å²) in [6, 6.07) is 14.2. The first kappa shape index (κ1) is 13.6. The zero-order valence-corrected chi connectivity index (χ0v) is 12.4. The molecule has 0 fully saturated rings. The van der Waals surface area contributed by atoms with Gasteiger partial charge in [-0.05, 0) is 61.0 Å². The van der Waals surface area contributed by atoms with Gasteiger partial charge in [-0.2, -0.15) is 9.73 Å². The lowest BCUT2D eigenvalue weighted by molar-refractivity contribution is 0.628. The molecule has 0 aliphatic rings. The van der Waals surface area contributed by atoms with E-state index in [9.17, 15) is 4.39 Å². The first-order valence-corrected chi connectivity index (χ1v) is 7.25. The maximum atomic E-state index is 13.2. The molecule has 1 aromatic carbocycles. The van der Waals surface area contributed by atoms with Crippen molar-refractivity contribution < 1.29 is 4.39 Å². The van der Waals surface area contributed by atoms with Crippen molar-refractivity contribution in [2.75, 3.05) is 0 Å². The Hall–Kier alpha value is -3.08. The van der Waals surface area contributed by atoms with Gasteiger partial charge in [0.2, 0.25) is 0 Å². The van der Waals surface area contributed by atoms with E-state index in [2.05, 4.69) is 15.2 Å². The summed E-state index contributed by atoms with van der Waals surface area (Å²) in [6.07, 6.45) is 3.49. The lowest BCUT2D eigenvalue weighted by Gasteiger charge is -2.03. The fraction of sp³-hybridized carbons (Fsp3) is 0.0556. The Kier molecular flexibility index (Phi) is 3.12. The molecule has 3 aromatic heterocycles. The van der Waals surface area contributed by atoms with Crippen LogP contribution < -0.4 is 0 Å². The molecule has 0 aliphatic carbocycles. The van der Waals surface area contributed by atoms with Crippen molar-refractivity contribution in [1.82, 2.24) is 19.8 Å². The molecule has 0 saturated carbocycles. The van der Waals surface area contributed by atoms with Crippen molar-refractivity contribution in [2.45, 2.75) is 6.92 Å². The van der Waals surface area contributed by atoms with Gasteiger partial charge >= 0.3 is 0 Å². The van der Waals surface area contributed by atoms with Crippen LogP contribution in [0, 0.1) is 12.7 Å². The second-order valence-electron chi connectivity index (χ2n) is 5.32. The molecule has 0 saturated heterocycles. The Balaban J connectivity index is 2.04. The van der Waals surface area contributed by atoms with Gasteiger partial charge in [-0.15, -0.1) is 5.10 Å². The van der Waals surface area contributed by atoms with Crippen molar-refractivity contribution >= 4 is 5.52 Å². The number of nitrogens with zero attached hydrogens (tertiary/aromatic N) is 4. The van der Waals surface area contributed by atoms with E-state index in [1.165, 1.54) is 12.1 Å². The van der Waals surface area contributed by atoms with E-state index in [1.54, 1.807) is 29.2 Å². The normalized spacial score (nSPS) is 11.0. The van der Waals surface area contributed by atoms with Crippen LogP contribution in [-0.2, 0) is 0 Å². The Morgan fingerprint density at radius 3 is 2.30 bits per heavy atom. The SMILES string of the molecule is Cc1ccc2c(-c3ccncc3)c(-c3ccc(F)cc3)nn2n1. The number of halogens is 1. The second kappa shape index (κ2) is 5.28. The molecule has 23 heavy (non-hydrogen) atoms. The Morgan fingerprint density at radius 1 is 0.826 bits per heavy atom. The van der Waals surface area contributed by atoms with Crippen LogP contribution in [0.2, 0.25) is 0 Å². The van der Waals surface area contributed by atoms with Gasteiger partial charge in [0.1, 0.15) is 11.5 Å². The van der Waals surface area contributed by atoms with E-state index in [4.69, 9.17) is 0 Å². The van der Waals surface area contributed by atoms with Gasteiger partial charge in [0.05, 0.1) is 11.2 Å². The van der Waals surface area contributed by atoms with Crippen LogP contribution in [0.25, 0.3) is 27.9 Å². The van der Waals surface area contributed by atoms with E-state index in [0.717, 1.165) is 33.6 Å². The van der Waals surface area contributed by atoms with Gasteiger partial charge in [-0.1, -0.05) is 0 Å². The average molecular weight is 304 g/mol. The van der Waals surface area contributed by atoms with E-state index >= 15 is 0 Å². The summed E-state index contributed by atoms with van der Waals surface area (Å²) in [5.74, 6) is -0.267. The minimum atomic E-state index is -0.267. The molecule has 5 heteroatoms. The highest BCUT2D eigenvalue weighted by Gasteiger charge is 2.17. The first-order valence-electron chi connectivity index (χ1n) is 7.25. The highest BCUT2D eigenvalue weighted by molar-refractivity contribution is 5.91. The molecule has 3 heterocycles.